The van der Waals surface area contributed by atoms with E-state index in [4.69, 9.17) is 0 Å². The standard InChI is InChI=1S/C19H24N4O/c1-14-10-17(4-7-20-14)22-8-5-15(6-9-22)12-23-13-21-18(11-19(23)24)16-2-3-16/h4,7,10-11,13,15-16H,2-3,5-6,8-9,12H2,1H3. The molecule has 0 amide bonds. The second-order valence-corrected chi connectivity index (χ2v) is 7.16. The topological polar surface area (TPSA) is 51.0 Å². The fraction of sp³-hybridized carbons (Fsp3) is 0.526. The van der Waals surface area contributed by atoms with Crippen LogP contribution in [0.2, 0.25) is 0 Å². The summed E-state index contributed by atoms with van der Waals surface area (Å²) < 4.78 is 1.79. The minimum Gasteiger partial charge on any atom is -0.371 e. The third kappa shape index (κ3) is 3.35. The number of pyridine rings is 1. The average Bonchev–Trinajstić information content (AvgIpc) is 3.42. The van der Waals surface area contributed by atoms with E-state index in [1.807, 2.05) is 13.1 Å². The molecule has 0 radical (unpaired) electrons. The van der Waals surface area contributed by atoms with Crippen LogP contribution in [0.1, 0.15) is 43.0 Å². The zero-order chi connectivity index (χ0) is 16.5. The van der Waals surface area contributed by atoms with Gasteiger partial charge in [-0.05, 0) is 50.7 Å². The molecule has 2 aromatic rings. The van der Waals surface area contributed by atoms with Gasteiger partial charge in [-0.1, -0.05) is 0 Å². The lowest BCUT2D eigenvalue weighted by Gasteiger charge is -2.33. The van der Waals surface area contributed by atoms with Crippen molar-refractivity contribution in [1.82, 2.24) is 14.5 Å². The van der Waals surface area contributed by atoms with Gasteiger partial charge in [0.2, 0.25) is 0 Å². The summed E-state index contributed by atoms with van der Waals surface area (Å²) in [5.74, 6) is 1.09. The van der Waals surface area contributed by atoms with Crippen LogP contribution in [0.3, 0.4) is 0 Å². The molecule has 4 rings (SSSR count). The molecule has 5 heteroatoms. The fourth-order valence-corrected chi connectivity index (χ4v) is 3.56. The van der Waals surface area contributed by atoms with Gasteiger partial charge >= 0.3 is 0 Å². The Kier molecular flexibility index (Phi) is 4.08. The Morgan fingerprint density at radius 2 is 1.92 bits per heavy atom. The Bertz CT molecular complexity index is 773. The molecular formula is C19H24N4O. The molecule has 2 aromatic heterocycles. The summed E-state index contributed by atoms with van der Waals surface area (Å²) in [6, 6.07) is 5.97. The predicted octanol–water partition coefficient (Wildman–Crippen LogP) is 2.74. The summed E-state index contributed by atoms with van der Waals surface area (Å²) in [7, 11) is 0. The van der Waals surface area contributed by atoms with Crippen molar-refractivity contribution in [3.05, 3.63) is 52.5 Å². The summed E-state index contributed by atoms with van der Waals surface area (Å²) in [5.41, 5.74) is 3.41. The number of rotatable bonds is 4. The van der Waals surface area contributed by atoms with Gasteiger partial charge in [0.05, 0.1) is 12.0 Å². The predicted molar refractivity (Wildman–Crippen MR) is 94.4 cm³/mol. The fourth-order valence-electron chi connectivity index (χ4n) is 3.56. The number of hydrogen-bond acceptors (Lipinski definition) is 4. The molecule has 1 aliphatic carbocycles. The van der Waals surface area contributed by atoms with Crippen molar-refractivity contribution in [3.8, 4) is 0 Å². The maximum atomic E-state index is 12.3. The van der Waals surface area contributed by atoms with Crippen LogP contribution < -0.4 is 10.5 Å². The van der Waals surface area contributed by atoms with Crippen molar-refractivity contribution in [2.75, 3.05) is 18.0 Å². The van der Waals surface area contributed by atoms with E-state index in [-0.39, 0.29) is 5.56 Å². The molecule has 1 saturated carbocycles. The number of piperidine rings is 1. The lowest BCUT2D eigenvalue weighted by Crippen LogP contribution is -2.36. The van der Waals surface area contributed by atoms with E-state index in [1.165, 1.54) is 18.5 Å². The SMILES string of the molecule is Cc1cc(N2CCC(Cn3cnc(C4CC4)cc3=O)CC2)ccn1. The molecule has 126 valence electrons. The van der Waals surface area contributed by atoms with Gasteiger partial charge in [-0.2, -0.15) is 0 Å². The quantitative estimate of drug-likeness (QED) is 0.868. The van der Waals surface area contributed by atoms with Crippen molar-refractivity contribution >= 4 is 5.69 Å². The first kappa shape index (κ1) is 15.4. The monoisotopic (exact) mass is 324 g/mol. The maximum absolute atomic E-state index is 12.3. The van der Waals surface area contributed by atoms with Crippen LogP contribution in [0, 0.1) is 12.8 Å². The summed E-state index contributed by atoms with van der Waals surface area (Å²) in [6.45, 7) is 4.90. The number of anilines is 1. The smallest absolute Gasteiger partial charge is 0.253 e. The van der Waals surface area contributed by atoms with Crippen LogP contribution in [0.4, 0.5) is 5.69 Å². The molecule has 1 aliphatic heterocycles. The second-order valence-electron chi connectivity index (χ2n) is 7.16. The minimum atomic E-state index is 0.110. The molecule has 0 spiro atoms. The molecule has 5 nitrogen and oxygen atoms in total. The number of hydrogen-bond donors (Lipinski definition) is 0. The van der Waals surface area contributed by atoms with E-state index < -0.39 is 0 Å². The van der Waals surface area contributed by atoms with E-state index in [2.05, 4.69) is 27.0 Å². The molecule has 2 aliphatic rings. The first-order valence-corrected chi connectivity index (χ1v) is 8.93. The molecule has 0 atom stereocenters. The Labute approximate surface area is 142 Å². The summed E-state index contributed by atoms with van der Waals surface area (Å²) in [4.78, 5) is 23.4. The van der Waals surface area contributed by atoms with Gasteiger partial charge in [0.25, 0.3) is 5.56 Å². The van der Waals surface area contributed by atoms with Gasteiger partial charge in [-0.3, -0.25) is 14.3 Å². The van der Waals surface area contributed by atoms with Crippen molar-refractivity contribution in [3.63, 3.8) is 0 Å². The normalized spacial score (nSPS) is 18.8. The number of nitrogens with zero attached hydrogens (tertiary/aromatic N) is 4. The van der Waals surface area contributed by atoms with Crippen LogP contribution in [0.15, 0.2) is 35.5 Å². The van der Waals surface area contributed by atoms with Crippen molar-refractivity contribution in [2.24, 2.45) is 5.92 Å². The molecule has 2 fully saturated rings. The molecule has 0 N–H and O–H groups in total. The van der Waals surface area contributed by atoms with Gasteiger partial charge in [-0.15, -0.1) is 0 Å². The lowest BCUT2D eigenvalue weighted by molar-refractivity contribution is 0.350. The van der Waals surface area contributed by atoms with Crippen molar-refractivity contribution < 1.29 is 0 Å². The van der Waals surface area contributed by atoms with Gasteiger partial charge in [0, 0.05) is 49.2 Å². The van der Waals surface area contributed by atoms with Gasteiger partial charge in [0.1, 0.15) is 0 Å². The van der Waals surface area contributed by atoms with Crippen molar-refractivity contribution in [1.29, 1.82) is 0 Å². The molecule has 1 saturated heterocycles. The van der Waals surface area contributed by atoms with Gasteiger partial charge in [-0.25, -0.2) is 4.98 Å². The number of aromatic nitrogens is 3. The van der Waals surface area contributed by atoms with E-state index in [0.29, 0.717) is 11.8 Å². The molecule has 24 heavy (non-hydrogen) atoms. The molecule has 3 heterocycles. The highest BCUT2D eigenvalue weighted by Crippen LogP contribution is 2.38. The first-order valence-electron chi connectivity index (χ1n) is 8.93. The van der Waals surface area contributed by atoms with E-state index >= 15 is 0 Å². The minimum absolute atomic E-state index is 0.110. The van der Waals surface area contributed by atoms with E-state index in [9.17, 15) is 4.79 Å². The molecule has 0 aromatic carbocycles. The van der Waals surface area contributed by atoms with E-state index in [1.54, 1.807) is 17.0 Å². The van der Waals surface area contributed by atoms with Crippen LogP contribution in [0.5, 0.6) is 0 Å². The second kappa shape index (κ2) is 6.38. The zero-order valence-electron chi connectivity index (χ0n) is 14.2. The van der Waals surface area contributed by atoms with Crippen molar-refractivity contribution in [2.45, 2.75) is 45.1 Å². The largest absolute Gasteiger partial charge is 0.371 e. The van der Waals surface area contributed by atoms with Gasteiger partial charge < -0.3 is 4.90 Å². The highest BCUT2D eigenvalue weighted by Gasteiger charge is 2.26. The Balaban J connectivity index is 1.37. The Morgan fingerprint density at radius 3 is 2.58 bits per heavy atom. The Hall–Kier alpha value is -2.17. The molecular weight excluding hydrogens is 300 g/mol. The van der Waals surface area contributed by atoms with Gasteiger partial charge in [0.15, 0.2) is 0 Å². The summed E-state index contributed by atoms with van der Waals surface area (Å²) in [6.07, 6.45) is 8.22. The Morgan fingerprint density at radius 1 is 1.12 bits per heavy atom. The van der Waals surface area contributed by atoms with Crippen LogP contribution in [0.25, 0.3) is 0 Å². The first-order chi connectivity index (χ1) is 11.7. The van der Waals surface area contributed by atoms with Crippen LogP contribution in [-0.2, 0) is 6.54 Å². The zero-order valence-corrected chi connectivity index (χ0v) is 14.2. The van der Waals surface area contributed by atoms with Crippen LogP contribution in [-0.4, -0.2) is 27.6 Å². The molecule has 0 bridgehead atoms. The van der Waals surface area contributed by atoms with Crippen LogP contribution >= 0.6 is 0 Å². The highest BCUT2D eigenvalue weighted by molar-refractivity contribution is 5.46. The summed E-state index contributed by atoms with van der Waals surface area (Å²) >= 11 is 0. The maximum Gasteiger partial charge on any atom is 0.253 e. The highest BCUT2D eigenvalue weighted by atomic mass is 16.1. The third-order valence-corrected chi connectivity index (χ3v) is 5.21. The number of aryl methyl sites for hydroxylation is 1. The van der Waals surface area contributed by atoms with E-state index in [0.717, 1.165) is 43.9 Å². The lowest BCUT2D eigenvalue weighted by atomic mass is 9.96. The average molecular weight is 324 g/mol. The third-order valence-electron chi connectivity index (χ3n) is 5.21. The summed E-state index contributed by atoms with van der Waals surface area (Å²) in [5, 5.41) is 0. The molecule has 0 unspecified atom stereocenters.